The van der Waals surface area contributed by atoms with Crippen LogP contribution in [0.5, 0.6) is 0 Å². The molecule has 0 amide bonds. The highest BCUT2D eigenvalue weighted by atomic mass is 16.5. The topological polar surface area (TPSA) is 89.6 Å². The van der Waals surface area contributed by atoms with Gasteiger partial charge < -0.3 is 15.6 Å². The Morgan fingerprint density at radius 2 is 1.48 bits per heavy atom. The highest BCUT2D eigenvalue weighted by molar-refractivity contribution is 5.82. The molecule has 1 aliphatic rings. The van der Waals surface area contributed by atoms with Crippen LogP contribution in [0.4, 0.5) is 0 Å². The molecule has 158 valence electrons. The largest absolute Gasteiger partial charge is 0.481 e. The van der Waals surface area contributed by atoms with E-state index in [4.69, 9.17) is 10.5 Å². The van der Waals surface area contributed by atoms with Crippen molar-refractivity contribution in [3.63, 3.8) is 0 Å². The van der Waals surface area contributed by atoms with Crippen LogP contribution in [0.15, 0.2) is 72.8 Å². The molecule has 2 atom stereocenters. The van der Waals surface area contributed by atoms with E-state index in [1.54, 1.807) is 0 Å². The number of hydrogen-bond acceptors (Lipinski definition) is 4. The monoisotopic (exact) mass is 415 g/mol. The Hall–Kier alpha value is -3.44. The van der Waals surface area contributed by atoms with Gasteiger partial charge in [-0.1, -0.05) is 78.4 Å². The number of carbonyl (C=O) groups excluding carboxylic acids is 1. The first-order valence-corrected chi connectivity index (χ1v) is 10.3. The highest BCUT2D eigenvalue weighted by Gasteiger charge is 2.33. The Morgan fingerprint density at radius 1 is 0.935 bits per heavy atom. The lowest BCUT2D eigenvalue weighted by Gasteiger charge is -2.23. The molecule has 5 heteroatoms. The fourth-order valence-corrected chi connectivity index (χ4v) is 4.35. The number of rotatable bonds is 7. The number of esters is 1. The molecule has 0 spiro atoms. The molecule has 0 heterocycles. The number of carbonyl (C=O) groups is 2. The summed E-state index contributed by atoms with van der Waals surface area (Å²) in [6.45, 7) is 2.12. The number of nitrogens with two attached hydrogens (primary N) is 1. The highest BCUT2D eigenvalue weighted by Crippen LogP contribution is 2.44. The number of benzene rings is 3. The second-order valence-electron chi connectivity index (χ2n) is 8.01. The van der Waals surface area contributed by atoms with Crippen molar-refractivity contribution in [2.24, 2.45) is 5.73 Å². The molecule has 0 radical (unpaired) electrons. The number of ether oxygens (including phenoxy) is 1. The summed E-state index contributed by atoms with van der Waals surface area (Å²) in [6, 6.07) is 22.7. The number of hydrogen-bond donors (Lipinski definition) is 2. The van der Waals surface area contributed by atoms with Gasteiger partial charge in [-0.3, -0.25) is 9.59 Å². The first kappa shape index (κ1) is 20.8. The number of aliphatic carboxylic acids is 1. The van der Waals surface area contributed by atoms with E-state index in [1.807, 2.05) is 55.5 Å². The summed E-state index contributed by atoms with van der Waals surface area (Å²) >= 11 is 0. The zero-order chi connectivity index (χ0) is 22.0. The smallest absolute Gasteiger partial charge is 0.315 e. The lowest BCUT2D eigenvalue weighted by Crippen LogP contribution is -2.37. The van der Waals surface area contributed by atoms with Crippen LogP contribution < -0.4 is 5.73 Å². The molecule has 3 aromatic carbocycles. The molecule has 0 aliphatic heterocycles. The molecule has 31 heavy (non-hydrogen) atoms. The molecule has 0 saturated heterocycles. The number of carboxylic acid groups (broad SMARTS) is 1. The molecule has 0 saturated carbocycles. The summed E-state index contributed by atoms with van der Waals surface area (Å²) in [5.74, 6) is -2.45. The van der Waals surface area contributed by atoms with Crippen molar-refractivity contribution in [2.45, 2.75) is 31.2 Å². The van der Waals surface area contributed by atoms with Crippen molar-refractivity contribution < 1.29 is 19.4 Å². The third-order valence-electron chi connectivity index (χ3n) is 5.88. The molecule has 3 aromatic rings. The molecule has 5 nitrogen and oxygen atoms in total. The molecular weight excluding hydrogens is 390 g/mol. The van der Waals surface area contributed by atoms with Gasteiger partial charge in [-0.15, -0.1) is 0 Å². The molecular formula is C26H25NO4. The number of carboxylic acids is 1. The fraction of sp³-hybridized carbons (Fsp3) is 0.231. The van der Waals surface area contributed by atoms with Gasteiger partial charge in [0.15, 0.2) is 0 Å². The van der Waals surface area contributed by atoms with Gasteiger partial charge in [-0.05, 0) is 34.7 Å². The first-order chi connectivity index (χ1) is 15.0. The maximum Gasteiger partial charge on any atom is 0.315 e. The van der Waals surface area contributed by atoms with Crippen LogP contribution in [-0.4, -0.2) is 29.7 Å². The van der Waals surface area contributed by atoms with Gasteiger partial charge >= 0.3 is 11.9 Å². The zero-order valence-electron chi connectivity index (χ0n) is 17.3. The summed E-state index contributed by atoms with van der Waals surface area (Å²) in [5, 5.41) is 9.19. The van der Waals surface area contributed by atoms with E-state index in [1.165, 1.54) is 0 Å². The Labute approximate surface area is 181 Å². The Morgan fingerprint density at radius 3 is 2.03 bits per heavy atom. The average molecular weight is 415 g/mol. The second kappa shape index (κ2) is 8.74. The third-order valence-corrected chi connectivity index (χ3v) is 5.88. The van der Waals surface area contributed by atoms with Crippen LogP contribution in [-0.2, 0) is 14.3 Å². The van der Waals surface area contributed by atoms with Crippen molar-refractivity contribution in [1.82, 2.24) is 0 Å². The fourth-order valence-electron chi connectivity index (χ4n) is 4.35. The van der Waals surface area contributed by atoms with Gasteiger partial charge in [0, 0.05) is 12.0 Å². The molecule has 0 fully saturated rings. The van der Waals surface area contributed by atoms with Gasteiger partial charge in [0.1, 0.15) is 6.61 Å². The number of aryl methyl sites for hydroxylation is 1. The van der Waals surface area contributed by atoms with Crippen LogP contribution in [0.2, 0.25) is 0 Å². The van der Waals surface area contributed by atoms with Crippen LogP contribution in [0.1, 0.15) is 40.5 Å². The molecule has 0 aromatic heterocycles. The minimum atomic E-state index is -1.05. The van der Waals surface area contributed by atoms with E-state index in [0.29, 0.717) is 5.56 Å². The molecule has 1 unspecified atom stereocenters. The van der Waals surface area contributed by atoms with Crippen molar-refractivity contribution in [3.05, 3.63) is 95.1 Å². The number of fused-ring (bicyclic) bond motifs is 3. The van der Waals surface area contributed by atoms with Crippen LogP contribution in [0.25, 0.3) is 11.1 Å². The summed E-state index contributed by atoms with van der Waals surface area (Å²) in [6.07, 6.45) is -0.317. The van der Waals surface area contributed by atoms with E-state index in [2.05, 4.69) is 24.3 Å². The Kier molecular flexibility index (Phi) is 5.87. The molecule has 1 aliphatic carbocycles. The summed E-state index contributed by atoms with van der Waals surface area (Å²) in [5.41, 5.74) is 12.4. The average Bonchev–Trinajstić information content (AvgIpc) is 3.07. The predicted octanol–water partition coefficient (Wildman–Crippen LogP) is 4.24. The van der Waals surface area contributed by atoms with Crippen molar-refractivity contribution >= 4 is 11.9 Å². The summed E-state index contributed by atoms with van der Waals surface area (Å²) in [7, 11) is 0. The maximum absolute atomic E-state index is 13.1. The van der Waals surface area contributed by atoms with E-state index < -0.39 is 23.9 Å². The van der Waals surface area contributed by atoms with Gasteiger partial charge in [0.2, 0.25) is 0 Å². The standard InChI is InChI=1S/C26H25NO4/c1-16-10-12-17(13-11-16)25(23(27)14-24(28)29)26(30)31-15-22-20-8-4-2-6-18(20)19-7-3-5-9-21(19)22/h2-13,22-23,25H,14-15,27H2,1H3,(H,28,29)/t23-,25?/m1/s1. The van der Waals surface area contributed by atoms with Gasteiger partial charge in [-0.2, -0.15) is 0 Å². The quantitative estimate of drug-likeness (QED) is 0.564. The molecule has 3 N–H and O–H groups in total. The van der Waals surface area contributed by atoms with E-state index in [-0.39, 0.29) is 18.9 Å². The van der Waals surface area contributed by atoms with Crippen molar-refractivity contribution in [1.29, 1.82) is 0 Å². The lowest BCUT2D eigenvalue weighted by atomic mass is 9.89. The first-order valence-electron chi connectivity index (χ1n) is 10.3. The molecule has 4 rings (SSSR count). The normalized spacial score (nSPS) is 14.4. The Bertz CT molecular complexity index is 1060. The van der Waals surface area contributed by atoms with Crippen LogP contribution >= 0.6 is 0 Å². The lowest BCUT2D eigenvalue weighted by molar-refractivity contribution is -0.146. The minimum Gasteiger partial charge on any atom is -0.481 e. The van der Waals surface area contributed by atoms with Crippen LogP contribution in [0, 0.1) is 6.92 Å². The van der Waals surface area contributed by atoms with Gasteiger partial charge in [-0.25, -0.2) is 0 Å². The second-order valence-corrected chi connectivity index (χ2v) is 8.01. The van der Waals surface area contributed by atoms with E-state index >= 15 is 0 Å². The Balaban J connectivity index is 1.58. The SMILES string of the molecule is Cc1ccc(C(C(=O)OCC2c3ccccc3-c3ccccc32)[C@H](N)CC(=O)O)cc1. The van der Waals surface area contributed by atoms with E-state index in [0.717, 1.165) is 27.8 Å². The molecule has 0 bridgehead atoms. The zero-order valence-corrected chi connectivity index (χ0v) is 17.3. The van der Waals surface area contributed by atoms with Gasteiger partial charge in [0.25, 0.3) is 0 Å². The maximum atomic E-state index is 13.1. The predicted molar refractivity (Wildman–Crippen MR) is 119 cm³/mol. The van der Waals surface area contributed by atoms with E-state index in [9.17, 15) is 14.7 Å². The summed E-state index contributed by atoms with van der Waals surface area (Å²) < 4.78 is 5.78. The van der Waals surface area contributed by atoms with Crippen molar-refractivity contribution in [2.75, 3.05) is 6.61 Å². The third kappa shape index (κ3) is 4.23. The van der Waals surface area contributed by atoms with Gasteiger partial charge in [0.05, 0.1) is 12.3 Å². The minimum absolute atomic E-state index is 0.0642. The van der Waals surface area contributed by atoms with Crippen molar-refractivity contribution in [3.8, 4) is 11.1 Å². The van der Waals surface area contributed by atoms with Crippen LogP contribution in [0.3, 0.4) is 0 Å². The summed E-state index contributed by atoms with van der Waals surface area (Å²) in [4.78, 5) is 24.4.